The molecule has 1 fully saturated rings. The van der Waals surface area contributed by atoms with Crippen LogP contribution in [0.5, 0.6) is 0 Å². The first-order chi connectivity index (χ1) is 9.93. The number of piperidine rings is 1. The summed E-state index contributed by atoms with van der Waals surface area (Å²) in [7, 11) is 0. The smallest absolute Gasteiger partial charge is 0.269 e. The summed E-state index contributed by atoms with van der Waals surface area (Å²) in [6.45, 7) is 5.03. The number of halogens is 1. The minimum absolute atomic E-state index is 0. The van der Waals surface area contributed by atoms with E-state index in [2.05, 4.69) is 6.92 Å². The van der Waals surface area contributed by atoms with E-state index < -0.39 is 4.92 Å². The maximum Gasteiger partial charge on any atom is 0.269 e. The van der Waals surface area contributed by atoms with Gasteiger partial charge in [-0.2, -0.15) is 0 Å². The van der Waals surface area contributed by atoms with Crippen LogP contribution < -0.4 is 5.73 Å². The van der Waals surface area contributed by atoms with Crippen LogP contribution in [-0.4, -0.2) is 34.9 Å². The summed E-state index contributed by atoms with van der Waals surface area (Å²) >= 11 is 0. The van der Waals surface area contributed by atoms with Gasteiger partial charge < -0.3 is 10.6 Å². The molecular weight excluding hydrogens is 306 g/mol. The fraction of sp³-hybridized carbons (Fsp3) is 0.533. The molecule has 1 aliphatic rings. The normalized spacial score (nSPS) is 21.1. The lowest BCUT2D eigenvalue weighted by molar-refractivity contribution is -0.384. The third-order valence-corrected chi connectivity index (χ3v) is 4.16. The van der Waals surface area contributed by atoms with Crippen LogP contribution in [0.25, 0.3) is 0 Å². The Morgan fingerprint density at radius 2 is 2.18 bits per heavy atom. The van der Waals surface area contributed by atoms with Crippen molar-refractivity contribution in [3.8, 4) is 0 Å². The number of nitrogens with two attached hydrogens (primary N) is 1. The number of likely N-dealkylation sites (tertiary alicyclic amines) is 1. The highest BCUT2D eigenvalue weighted by atomic mass is 35.5. The van der Waals surface area contributed by atoms with Gasteiger partial charge >= 0.3 is 0 Å². The van der Waals surface area contributed by atoms with Crippen LogP contribution in [0, 0.1) is 23.0 Å². The van der Waals surface area contributed by atoms with Gasteiger partial charge in [-0.3, -0.25) is 14.9 Å². The molecule has 7 heteroatoms. The lowest BCUT2D eigenvalue weighted by Gasteiger charge is -2.38. The van der Waals surface area contributed by atoms with Gasteiger partial charge in [-0.05, 0) is 37.3 Å². The largest absolute Gasteiger partial charge is 0.334 e. The Kier molecular flexibility index (Phi) is 6.32. The SMILES string of the molecule is Cc1cc([N+](=O)[O-])ccc1C(=O)N1CCC(C)CC1CN.Cl. The van der Waals surface area contributed by atoms with Crippen molar-refractivity contribution in [2.24, 2.45) is 11.7 Å². The summed E-state index contributed by atoms with van der Waals surface area (Å²) in [4.78, 5) is 24.8. The van der Waals surface area contributed by atoms with Gasteiger partial charge in [0, 0.05) is 36.8 Å². The molecule has 1 aromatic rings. The van der Waals surface area contributed by atoms with Crippen molar-refractivity contribution in [2.75, 3.05) is 13.1 Å². The molecule has 6 nitrogen and oxygen atoms in total. The predicted molar refractivity (Wildman–Crippen MR) is 87.4 cm³/mol. The maximum atomic E-state index is 12.7. The zero-order chi connectivity index (χ0) is 15.6. The van der Waals surface area contributed by atoms with Crippen LogP contribution in [0.4, 0.5) is 5.69 Å². The van der Waals surface area contributed by atoms with E-state index in [0.717, 1.165) is 12.8 Å². The summed E-state index contributed by atoms with van der Waals surface area (Å²) in [6, 6.07) is 4.42. The van der Waals surface area contributed by atoms with Crippen molar-refractivity contribution >= 4 is 24.0 Å². The number of nitro groups is 1. The summed E-state index contributed by atoms with van der Waals surface area (Å²) in [5.41, 5.74) is 6.95. The Morgan fingerprint density at radius 1 is 1.50 bits per heavy atom. The third-order valence-electron chi connectivity index (χ3n) is 4.16. The minimum Gasteiger partial charge on any atom is -0.334 e. The second-order valence-electron chi connectivity index (χ2n) is 5.77. The Morgan fingerprint density at radius 3 is 2.73 bits per heavy atom. The summed E-state index contributed by atoms with van der Waals surface area (Å²) in [5, 5.41) is 10.8. The Bertz CT molecular complexity index is 565. The monoisotopic (exact) mass is 327 g/mol. The number of hydrogen-bond donors (Lipinski definition) is 1. The average Bonchev–Trinajstić information content (AvgIpc) is 2.46. The molecule has 2 N–H and O–H groups in total. The van der Waals surface area contributed by atoms with Gasteiger partial charge in [0.25, 0.3) is 11.6 Å². The molecule has 0 aliphatic carbocycles. The number of amides is 1. The van der Waals surface area contributed by atoms with Gasteiger partial charge in [-0.1, -0.05) is 6.92 Å². The Labute approximate surface area is 136 Å². The number of carbonyl (C=O) groups excluding carboxylic acids is 1. The van der Waals surface area contributed by atoms with Crippen LogP contribution in [0.2, 0.25) is 0 Å². The highest BCUT2D eigenvalue weighted by Gasteiger charge is 2.30. The molecule has 0 radical (unpaired) electrons. The van der Waals surface area contributed by atoms with Crippen LogP contribution in [0.15, 0.2) is 18.2 Å². The van der Waals surface area contributed by atoms with Gasteiger partial charge in [0.1, 0.15) is 0 Å². The van der Waals surface area contributed by atoms with Crippen LogP contribution in [-0.2, 0) is 0 Å². The van der Waals surface area contributed by atoms with Crippen LogP contribution in [0.1, 0.15) is 35.7 Å². The zero-order valence-corrected chi connectivity index (χ0v) is 13.6. The molecule has 1 amide bonds. The van der Waals surface area contributed by atoms with Crippen molar-refractivity contribution in [1.29, 1.82) is 0 Å². The van der Waals surface area contributed by atoms with E-state index in [1.165, 1.54) is 12.1 Å². The molecule has 2 atom stereocenters. The molecule has 1 aliphatic heterocycles. The minimum atomic E-state index is -0.452. The van der Waals surface area contributed by atoms with E-state index in [1.54, 1.807) is 13.0 Å². The first kappa shape index (κ1) is 18.4. The van der Waals surface area contributed by atoms with Crippen molar-refractivity contribution in [1.82, 2.24) is 4.90 Å². The second-order valence-corrected chi connectivity index (χ2v) is 5.77. The Balaban J connectivity index is 0.00000242. The number of nitro benzene ring substituents is 1. The molecular formula is C15H22ClN3O3. The number of aryl methyl sites for hydroxylation is 1. The number of benzene rings is 1. The first-order valence-electron chi connectivity index (χ1n) is 7.20. The third kappa shape index (κ3) is 3.75. The molecule has 1 aromatic carbocycles. The molecule has 0 spiro atoms. The molecule has 2 rings (SSSR count). The summed E-state index contributed by atoms with van der Waals surface area (Å²) < 4.78 is 0. The van der Waals surface area contributed by atoms with Gasteiger partial charge in [-0.15, -0.1) is 12.4 Å². The lowest BCUT2D eigenvalue weighted by atomic mass is 9.91. The maximum absolute atomic E-state index is 12.7. The van der Waals surface area contributed by atoms with Crippen molar-refractivity contribution in [3.63, 3.8) is 0 Å². The molecule has 0 bridgehead atoms. The van der Waals surface area contributed by atoms with E-state index in [1.807, 2.05) is 4.90 Å². The second kappa shape index (κ2) is 7.56. The molecule has 0 aromatic heterocycles. The zero-order valence-electron chi connectivity index (χ0n) is 12.8. The standard InChI is InChI=1S/C15H21N3O3.ClH/c1-10-5-6-17(13(7-10)9-16)15(19)14-4-3-12(18(20)21)8-11(14)2;/h3-4,8,10,13H,5-7,9,16H2,1-2H3;1H. The van der Waals surface area contributed by atoms with Crippen molar-refractivity contribution in [3.05, 3.63) is 39.4 Å². The lowest BCUT2D eigenvalue weighted by Crippen LogP contribution is -2.49. The Hall–Kier alpha value is -1.66. The molecule has 22 heavy (non-hydrogen) atoms. The van der Waals surface area contributed by atoms with E-state index >= 15 is 0 Å². The highest BCUT2D eigenvalue weighted by Crippen LogP contribution is 2.25. The van der Waals surface area contributed by atoms with Gasteiger partial charge in [0.15, 0.2) is 0 Å². The van der Waals surface area contributed by atoms with Gasteiger partial charge in [-0.25, -0.2) is 0 Å². The van der Waals surface area contributed by atoms with Crippen LogP contribution in [0.3, 0.4) is 0 Å². The number of non-ortho nitro benzene ring substituents is 1. The van der Waals surface area contributed by atoms with E-state index in [-0.39, 0.29) is 30.0 Å². The first-order valence-corrected chi connectivity index (χ1v) is 7.20. The molecule has 0 saturated carbocycles. The predicted octanol–water partition coefficient (Wildman–Crippen LogP) is 2.52. The quantitative estimate of drug-likeness (QED) is 0.682. The molecule has 1 heterocycles. The summed E-state index contributed by atoms with van der Waals surface area (Å²) in [6.07, 6.45) is 1.88. The number of hydrogen-bond acceptors (Lipinski definition) is 4. The van der Waals surface area contributed by atoms with E-state index in [4.69, 9.17) is 5.73 Å². The topological polar surface area (TPSA) is 89.5 Å². The van der Waals surface area contributed by atoms with Crippen molar-refractivity contribution in [2.45, 2.75) is 32.7 Å². The average molecular weight is 328 g/mol. The number of nitrogens with zero attached hydrogens (tertiary/aromatic N) is 2. The number of carbonyl (C=O) groups is 1. The number of rotatable bonds is 3. The fourth-order valence-corrected chi connectivity index (χ4v) is 2.90. The van der Waals surface area contributed by atoms with Crippen LogP contribution >= 0.6 is 12.4 Å². The van der Waals surface area contributed by atoms with Crippen molar-refractivity contribution < 1.29 is 9.72 Å². The molecule has 2 unspecified atom stereocenters. The summed E-state index contributed by atoms with van der Waals surface area (Å²) in [5.74, 6) is 0.491. The fourth-order valence-electron chi connectivity index (χ4n) is 2.90. The molecule has 1 saturated heterocycles. The van der Waals surface area contributed by atoms with Gasteiger partial charge in [0.05, 0.1) is 4.92 Å². The molecule has 122 valence electrons. The van der Waals surface area contributed by atoms with Gasteiger partial charge in [0.2, 0.25) is 0 Å². The van der Waals surface area contributed by atoms with E-state index in [0.29, 0.717) is 30.1 Å². The highest BCUT2D eigenvalue weighted by molar-refractivity contribution is 5.96. The van der Waals surface area contributed by atoms with E-state index in [9.17, 15) is 14.9 Å².